The van der Waals surface area contributed by atoms with Gasteiger partial charge in [-0.15, -0.1) is 0 Å². The van der Waals surface area contributed by atoms with Crippen LogP contribution in [0.15, 0.2) is 10.7 Å². The normalized spacial score (nSPS) is 13.0. The van der Waals surface area contributed by atoms with E-state index in [2.05, 4.69) is 26.1 Å². The van der Waals surface area contributed by atoms with Crippen LogP contribution in [-0.4, -0.2) is 16.8 Å². The van der Waals surface area contributed by atoms with E-state index in [1.165, 1.54) is 0 Å². The van der Waals surface area contributed by atoms with Gasteiger partial charge in [0.2, 0.25) is 0 Å². The predicted molar refractivity (Wildman–Crippen MR) is 72.6 cm³/mol. The highest BCUT2D eigenvalue weighted by Gasteiger charge is 2.19. The Morgan fingerprint density at radius 1 is 1.65 bits per heavy atom. The Morgan fingerprint density at radius 3 is 2.94 bits per heavy atom. The van der Waals surface area contributed by atoms with E-state index < -0.39 is 0 Å². The number of nitrogens with one attached hydrogen (secondary N) is 1. The number of hydrogen-bond acceptors (Lipinski definition) is 3. The number of halogens is 2. The Hall–Kier alpha value is -0.780. The third kappa shape index (κ3) is 2.14. The molecule has 1 heterocycles. The minimum atomic E-state index is -0.158. The second-order valence-corrected chi connectivity index (χ2v) is 4.96. The molecule has 6 heteroatoms. The molecule has 0 aliphatic heterocycles. The molecule has 3 N–H and O–H groups in total. The van der Waals surface area contributed by atoms with Crippen molar-refractivity contribution in [3.05, 3.63) is 21.3 Å². The van der Waals surface area contributed by atoms with Gasteiger partial charge in [-0.05, 0) is 35.8 Å². The number of fused-ring (bicyclic) bond motifs is 1. The molecule has 2 aromatic rings. The van der Waals surface area contributed by atoms with Crippen LogP contribution >= 0.6 is 27.5 Å². The van der Waals surface area contributed by atoms with E-state index in [9.17, 15) is 0 Å². The molecular weight excluding hydrogens is 305 g/mol. The van der Waals surface area contributed by atoms with Crippen LogP contribution in [0.4, 0.5) is 0 Å². The molecule has 0 amide bonds. The summed E-state index contributed by atoms with van der Waals surface area (Å²) in [5.41, 5.74) is 7.49. The molecule has 0 saturated carbocycles. The molecule has 1 atom stereocenters. The minimum Gasteiger partial charge on any atom is -0.491 e. The van der Waals surface area contributed by atoms with Gasteiger partial charge in [0.05, 0.1) is 17.0 Å². The van der Waals surface area contributed by atoms with Crippen molar-refractivity contribution in [2.75, 3.05) is 6.61 Å². The molecule has 1 unspecified atom stereocenters. The molecule has 0 fully saturated rings. The molecule has 0 aliphatic rings. The van der Waals surface area contributed by atoms with Crippen LogP contribution in [0, 0.1) is 0 Å². The van der Waals surface area contributed by atoms with Crippen LogP contribution in [0.25, 0.3) is 10.9 Å². The average Bonchev–Trinajstić information content (AvgIpc) is 2.65. The van der Waals surface area contributed by atoms with E-state index in [0.29, 0.717) is 22.9 Å². The fourth-order valence-electron chi connectivity index (χ4n) is 1.75. The van der Waals surface area contributed by atoms with Crippen molar-refractivity contribution in [2.45, 2.75) is 19.9 Å². The number of rotatable bonds is 3. The van der Waals surface area contributed by atoms with Gasteiger partial charge >= 0.3 is 0 Å². The highest BCUT2D eigenvalue weighted by atomic mass is 79.9. The summed E-state index contributed by atoms with van der Waals surface area (Å²) in [7, 11) is 0. The molecular formula is C11H13BrClN3O. The van der Waals surface area contributed by atoms with E-state index in [0.717, 1.165) is 15.6 Å². The maximum Gasteiger partial charge on any atom is 0.152 e. The molecule has 0 radical (unpaired) electrons. The summed E-state index contributed by atoms with van der Waals surface area (Å²) in [5, 5.41) is 8.47. The fraction of sp³-hybridized carbons (Fsp3) is 0.364. The zero-order chi connectivity index (χ0) is 12.6. The summed E-state index contributed by atoms with van der Waals surface area (Å²) in [4.78, 5) is 0. The Labute approximate surface area is 113 Å². The predicted octanol–water partition coefficient (Wildman–Crippen LogP) is 3.40. The first kappa shape index (κ1) is 12.7. The van der Waals surface area contributed by atoms with Crippen LogP contribution < -0.4 is 10.5 Å². The van der Waals surface area contributed by atoms with Crippen molar-refractivity contribution in [3.8, 4) is 5.75 Å². The lowest BCUT2D eigenvalue weighted by atomic mass is 10.1. The van der Waals surface area contributed by atoms with Crippen LogP contribution in [0.3, 0.4) is 0 Å². The second kappa shape index (κ2) is 4.84. The smallest absolute Gasteiger partial charge is 0.152 e. The van der Waals surface area contributed by atoms with Gasteiger partial charge < -0.3 is 10.5 Å². The monoisotopic (exact) mass is 317 g/mol. The quantitative estimate of drug-likeness (QED) is 0.911. The Bertz CT molecular complexity index is 553. The standard InChI is InChI=1S/C11H13BrClN3O/c1-3-17-10-6(5(2)14)4-7(13)8-9(10)15-16-11(8)12/h4-5H,3,14H2,1-2H3,(H,15,16). The Morgan fingerprint density at radius 2 is 2.35 bits per heavy atom. The molecule has 0 aliphatic carbocycles. The molecule has 0 saturated heterocycles. The summed E-state index contributed by atoms with van der Waals surface area (Å²) in [6.45, 7) is 4.37. The van der Waals surface area contributed by atoms with Gasteiger partial charge in [-0.1, -0.05) is 11.6 Å². The minimum absolute atomic E-state index is 0.158. The first-order valence-electron chi connectivity index (χ1n) is 5.30. The molecule has 0 bridgehead atoms. The molecule has 2 rings (SSSR count). The zero-order valence-electron chi connectivity index (χ0n) is 9.55. The van der Waals surface area contributed by atoms with Gasteiger partial charge in [0.1, 0.15) is 10.1 Å². The number of nitrogens with two attached hydrogens (primary N) is 1. The second-order valence-electron chi connectivity index (χ2n) is 3.76. The number of aromatic nitrogens is 2. The first-order chi connectivity index (χ1) is 8.06. The van der Waals surface area contributed by atoms with Crippen LogP contribution in [0.1, 0.15) is 25.5 Å². The molecule has 1 aromatic carbocycles. The van der Waals surface area contributed by atoms with E-state index in [1.807, 2.05) is 19.9 Å². The summed E-state index contributed by atoms with van der Waals surface area (Å²) in [6, 6.07) is 1.67. The molecule has 92 valence electrons. The summed E-state index contributed by atoms with van der Waals surface area (Å²) in [5.74, 6) is 0.698. The van der Waals surface area contributed by atoms with Crippen molar-refractivity contribution < 1.29 is 4.74 Å². The first-order valence-corrected chi connectivity index (χ1v) is 6.47. The number of aromatic amines is 1. The molecule has 0 spiro atoms. The lowest BCUT2D eigenvalue weighted by Crippen LogP contribution is -2.08. The van der Waals surface area contributed by atoms with Gasteiger partial charge in [0.25, 0.3) is 0 Å². The number of hydrogen-bond donors (Lipinski definition) is 2. The fourth-order valence-corrected chi connectivity index (χ4v) is 2.65. The maximum atomic E-state index is 6.22. The Kier molecular flexibility index (Phi) is 3.61. The highest BCUT2D eigenvalue weighted by molar-refractivity contribution is 9.10. The van der Waals surface area contributed by atoms with Crippen molar-refractivity contribution in [1.82, 2.24) is 10.2 Å². The summed E-state index contributed by atoms with van der Waals surface area (Å²) in [6.07, 6.45) is 0. The number of nitrogens with zero attached hydrogens (tertiary/aromatic N) is 1. The average molecular weight is 319 g/mol. The van der Waals surface area contributed by atoms with E-state index in [4.69, 9.17) is 22.1 Å². The van der Waals surface area contributed by atoms with Crippen molar-refractivity contribution in [3.63, 3.8) is 0 Å². The number of benzene rings is 1. The summed E-state index contributed by atoms with van der Waals surface area (Å²) >= 11 is 9.60. The van der Waals surface area contributed by atoms with E-state index in [1.54, 1.807) is 0 Å². The largest absolute Gasteiger partial charge is 0.491 e. The van der Waals surface area contributed by atoms with Crippen LogP contribution in [0.5, 0.6) is 5.75 Å². The molecule has 4 nitrogen and oxygen atoms in total. The third-order valence-electron chi connectivity index (χ3n) is 2.50. The van der Waals surface area contributed by atoms with E-state index in [-0.39, 0.29) is 6.04 Å². The molecule has 17 heavy (non-hydrogen) atoms. The zero-order valence-corrected chi connectivity index (χ0v) is 11.9. The number of ether oxygens (including phenoxy) is 1. The summed E-state index contributed by atoms with van der Waals surface area (Å²) < 4.78 is 6.38. The lowest BCUT2D eigenvalue weighted by molar-refractivity contribution is 0.338. The third-order valence-corrected chi connectivity index (χ3v) is 3.37. The number of H-pyrrole nitrogens is 1. The van der Waals surface area contributed by atoms with Crippen molar-refractivity contribution in [1.29, 1.82) is 0 Å². The topological polar surface area (TPSA) is 63.9 Å². The Balaban J connectivity index is 2.78. The van der Waals surface area contributed by atoms with Crippen molar-refractivity contribution in [2.24, 2.45) is 5.73 Å². The SMILES string of the molecule is CCOc1c(C(C)N)cc(Cl)c2c(Br)[nH]nc12. The van der Waals surface area contributed by atoms with Crippen LogP contribution in [-0.2, 0) is 0 Å². The van der Waals surface area contributed by atoms with Gasteiger partial charge in [-0.2, -0.15) is 5.10 Å². The van der Waals surface area contributed by atoms with E-state index >= 15 is 0 Å². The van der Waals surface area contributed by atoms with Crippen molar-refractivity contribution >= 4 is 38.4 Å². The van der Waals surface area contributed by atoms with Gasteiger partial charge in [-0.25, -0.2) is 0 Å². The maximum absolute atomic E-state index is 6.22. The van der Waals surface area contributed by atoms with Gasteiger partial charge in [0, 0.05) is 11.6 Å². The lowest BCUT2D eigenvalue weighted by Gasteiger charge is -2.14. The molecule has 1 aromatic heterocycles. The van der Waals surface area contributed by atoms with Gasteiger partial charge in [0.15, 0.2) is 5.75 Å². The van der Waals surface area contributed by atoms with Crippen LogP contribution in [0.2, 0.25) is 5.02 Å². The van der Waals surface area contributed by atoms with Gasteiger partial charge in [-0.3, -0.25) is 5.10 Å². The highest BCUT2D eigenvalue weighted by Crippen LogP contribution is 2.39.